The summed E-state index contributed by atoms with van der Waals surface area (Å²) in [5.41, 5.74) is 2.44. The molecular weight excluding hydrogens is 212 g/mol. The molecule has 0 unspecified atom stereocenters. The highest BCUT2D eigenvalue weighted by Crippen LogP contribution is 2.20. The van der Waals surface area contributed by atoms with E-state index in [1.165, 1.54) is 11.1 Å². The predicted molar refractivity (Wildman–Crippen MR) is 72.4 cm³/mol. The Bertz CT molecular complexity index is 381. The van der Waals surface area contributed by atoms with Crippen molar-refractivity contribution in [2.75, 3.05) is 20.8 Å². The molecule has 1 aromatic rings. The molecular formula is C15H20O2. The zero-order valence-electron chi connectivity index (χ0n) is 10.6. The molecule has 0 radical (unpaired) electrons. The van der Waals surface area contributed by atoms with Gasteiger partial charge >= 0.3 is 0 Å². The fourth-order valence-corrected chi connectivity index (χ4v) is 1.65. The quantitative estimate of drug-likeness (QED) is 0.670. The second-order valence-electron chi connectivity index (χ2n) is 3.73. The van der Waals surface area contributed by atoms with E-state index in [1.807, 2.05) is 24.3 Å². The van der Waals surface area contributed by atoms with E-state index in [0.717, 1.165) is 18.6 Å². The highest BCUT2D eigenvalue weighted by atomic mass is 16.5. The largest absolute Gasteiger partial charge is 0.497 e. The molecule has 17 heavy (non-hydrogen) atoms. The molecule has 0 saturated carbocycles. The smallest absolute Gasteiger partial charge is 0.119 e. The van der Waals surface area contributed by atoms with Gasteiger partial charge in [-0.3, -0.25) is 0 Å². The van der Waals surface area contributed by atoms with Gasteiger partial charge in [-0.25, -0.2) is 0 Å². The molecule has 2 nitrogen and oxygen atoms in total. The number of rotatable bonds is 7. The molecule has 0 aliphatic carbocycles. The van der Waals surface area contributed by atoms with E-state index in [1.54, 1.807) is 14.2 Å². The van der Waals surface area contributed by atoms with Crippen molar-refractivity contribution in [2.45, 2.75) is 12.8 Å². The number of benzene rings is 1. The maximum absolute atomic E-state index is 5.23. The molecule has 0 spiro atoms. The summed E-state index contributed by atoms with van der Waals surface area (Å²) in [6.45, 7) is 4.50. The van der Waals surface area contributed by atoms with Crippen molar-refractivity contribution in [3.8, 4) is 5.75 Å². The Kier molecular flexibility index (Phi) is 6.12. The third kappa shape index (κ3) is 4.45. The van der Waals surface area contributed by atoms with Crippen LogP contribution in [0.5, 0.6) is 5.75 Å². The molecule has 0 N–H and O–H groups in total. The first-order valence-corrected chi connectivity index (χ1v) is 5.75. The first-order valence-electron chi connectivity index (χ1n) is 5.75. The van der Waals surface area contributed by atoms with Crippen molar-refractivity contribution in [3.05, 3.63) is 48.1 Å². The van der Waals surface area contributed by atoms with Crippen LogP contribution in [0, 0.1) is 0 Å². The summed E-state index contributed by atoms with van der Waals surface area (Å²) in [4.78, 5) is 0. The third-order valence-electron chi connectivity index (χ3n) is 2.58. The second-order valence-corrected chi connectivity index (χ2v) is 3.73. The summed E-state index contributed by atoms with van der Waals surface area (Å²) in [6, 6.07) is 6.07. The van der Waals surface area contributed by atoms with Crippen LogP contribution in [-0.4, -0.2) is 20.8 Å². The van der Waals surface area contributed by atoms with Crippen molar-refractivity contribution in [2.24, 2.45) is 0 Å². The first kappa shape index (κ1) is 13.5. The van der Waals surface area contributed by atoms with Crippen LogP contribution in [0.4, 0.5) is 0 Å². The molecule has 0 bridgehead atoms. The minimum absolute atomic E-state index is 0.673. The molecule has 92 valence electrons. The minimum atomic E-state index is 0.673. The van der Waals surface area contributed by atoms with Crippen LogP contribution < -0.4 is 4.74 Å². The summed E-state index contributed by atoms with van der Waals surface area (Å²) in [7, 11) is 3.38. The molecule has 1 aromatic carbocycles. The SMILES string of the molecule is C=Cc1ccc(OC)cc1CC/C=C/COC. The van der Waals surface area contributed by atoms with E-state index in [-0.39, 0.29) is 0 Å². The van der Waals surface area contributed by atoms with Crippen LogP contribution >= 0.6 is 0 Å². The Morgan fingerprint density at radius 3 is 2.71 bits per heavy atom. The average Bonchev–Trinajstić information content (AvgIpc) is 2.38. The topological polar surface area (TPSA) is 18.5 Å². The van der Waals surface area contributed by atoms with Gasteiger partial charge in [0.25, 0.3) is 0 Å². The maximum atomic E-state index is 5.23. The molecule has 0 aromatic heterocycles. The van der Waals surface area contributed by atoms with Gasteiger partial charge < -0.3 is 9.47 Å². The summed E-state index contributed by atoms with van der Waals surface area (Å²) in [5, 5.41) is 0. The molecule has 0 fully saturated rings. The van der Waals surface area contributed by atoms with Crippen molar-refractivity contribution >= 4 is 6.08 Å². The summed E-state index contributed by atoms with van der Waals surface area (Å²) >= 11 is 0. The Hall–Kier alpha value is -1.54. The van der Waals surface area contributed by atoms with Gasteiger partial charge in [0, 0.05) is 7.11 Å². The Morgan fingerprint density at radius 1 is 1.24 bits per heavy atom. The standard InChI is InChI=1S/C15H20O2/c1-4-13-9-10-15(17-3)12-14(13)8-6-5-7-11-16-2/h4-5,7,9-10,12H,1,6,8,11H2,2-3H3/b7-5+. The van der Waals surface area contributed by atoms with Gasteiger partial charge in [0.1, 0.15) is 5.75 Å². The van der Waals surface area contributed by atoms with Gasteiger partial charge in [-0.1, -0.05) is 30.9 Å². The normalized spacial score (nSPS) is 10.7. The van der Waals surface area contributed by atoms with Crippen LogP contribution in [0.2, 0.25) is 0 Å². The Labute approximate surface area is 104 Å². The molecule has 0 atom stereocenters. The fourth-order valence-electron chi connectivity index (χ4n) is 1.65. The van der Waals surface area contributed by atoms with Crippen LogP contribution in [-0.2, 0) is 11.2 Å². The third-order valence-corrected chi connectivity index (χ3v) is 2.58. The molecule has 0 heterocycles. The molecule has 2 heteroatoms. The number of methoxy groups -OCH3 is 2. The monoisotopic (exact) mass is 232 g/mol. The zero-order valence-corrected chi connectivity index (χ0v) is 10.6. The van der Waals surface area contributed by atoms with E-state index in [9.17, 15) is 0 Å². The second kappa shape index (κ2) is 7.69. The van der Waals surface area contributed by atoms with E-state index >= 15 is 0 Å². The van der Waals surface area contributed by atoms with Crippen molar-refractivity contribution in [3.63, 3.8) is 0 Å². The molecule has 0 amide bonds. The number of aryl methyl sites for hydroxylation is 1. The zero-order chi connectivity index (χ0) is 12.5. The van der Waals surface area contributed by atoms with Gasteiger partial charge in [-0.05, 0) is 36.1 Å². The number of hydrogen-bond acceptors (Lipinski definition) is 2. The predicted octanol–water partition coefficient (Wildman–Crippen LogP) is 3.47. The van der Waals surface area contributed by atoms with Crippen LogP contribution in [0.3, 0.4) is 0 Å². The average molecular weight is 232 g/mol. The summed E-state index contributed by atoms with van der Waals surface area (Å²) in [5.74, 6) is 0.895. The van der Waals surface area contributed by atoms with Gasteiger partial charge in [0.05, 0.1) is 13.7 Å². The summed E-state index contributed by atoms with van der Waals surface area (Å²) in [6.07, 6.45) is 8.04. The molecule has 1 rings (SSSR count). The molecule has 0 aliphatic heterocycles. The fraction of sp³-hybridized carbons (Fsp3) is 0.333. The van der Waals surface area contributed by atoms with Crippen molar-refractivity contribution in [1.29, 1.82) is 0 Å². The number of allylic oxidation sites excluding steroid dienone is 1. The van der Waals surface area contributed by atoms with Crippen LogP contribution in [0.25, 0.3) is 6.08 Å². The van der Waals surface area contributed by atoms with Crippen molar-refractivity contribution in [1.82, 2.24) is 0 Å². The van der Waals surface area contributed by atoms with E-state index in [2.05, 4.69) is 18.7 Å². The van der Waals surface area contributed by atoms with Gasteiger partial charge in [0.2, 0.25) is 0 Å². The number of ether oxygens (including phenoxy) is 2. The molecule has 0 aliphatic rings. The van der Waals surface area contributed by atoms with Gasteiger partial charge in [-0.15, -0.1) is 0 Å². The van der Waals surface area contributed by atoms with Crippen LogP contribution in [0.15, 0.2) is 36.9 Å². The van der Waals surface area contributed by atoms with Crippen molar-refractivity contribution < 1.29 is 9.47 Å². The highest BCUT2D eigenvalue weighted by Gasteiger charge is 2.00. The number of hydrogen-bond donors (Lipinski definition) is 0. The lowest BCUT2D eigenvalue weighted by atomic mass is 10.0. The molecule has 0 saturated heterocycles. The Balaban J connectivity index is 2.64. The minimum Gasteiger partial charge on any atom is -0.497 e. The lowest BCUT2D eigenvalue weighted by Crippen LogP contribution is -1.91. The highest BCUT2D eigenvalue weighted by molar-refractivity contribution is 5.54. The van der Waals surface area contributed by atoms with Crippen LogP contribution in [0.1, 0.15) is 17.5 Å². The maximum Gasteiger partial charge on any atom is 0.119 e. The van der Waals surface area contributed by atoms with E-state index in [4.69, 9.17) is 9.47 Å². The lowest BCUT2D eigenvalue weighted by Gasteiger charge is -2.07. The first-order chi connectivity index (χ1) is 8.31. The van der Waals surface area contributed by atoms with Gasteiger partial charge in [0.15, 0.2) is 0 Å². The van der Waals surface area contributed by atoms with Gasteiger partial charge in [-0.2, -0.15) is 0 Å². The summed E-state index contributed by atoms with van der Waals surface area (Å²) < 4.78 is 10.2. The van der Waals surface area contributed by atoms with E-state index < -0.39 is 0 Å². The Morgan fingerprint density at radius 2 is 2.06 bits per heavy atom. The lowest BCUT2D eigenvalue weighted by molar-refractivity contribution is 0.233. The van der Waals surface area contributed by atoms with E-state index in [0.29, 0.717) is 6.61 Å².